The van der Waals surface area contributed by atoms with Crippen LogP contribution in [0, 0.1) is 0 Å². The highest BCUT2D eigenvalue weighted by atomic mass is 16.6. The van der Waals surface area contributed by atoms with Crippen molar-refractivity contribution >= 4 is 5.97 Å². The van der Waals surface area contributed by atoms with E-state index in [-0.39, 0.29) is 6.61 Å². The van der Waals surface area contributed by atoms with Crippen LogP contribution >= 0.6 is 0 Å². The second-order valence-corrected chi connectivity index (χ2v) is 7.51. The number of aliphatic hydroxyl groups excluding tert-OH is 1. The molecule has 0 spiro atoms. The van der Waals surface area contributed by atoms with Gasteiger partial charge in [-0.25, -0.2) is 4.79 Å². The van der Waals surface area contributed by atoms with E-state index in [1.165, 1.54) is 51.4 Å². The topological polar surface area (TPSA) is 65.0 Å². The zero-order valence-electron chi connectivity index (χ0n) is 19.0. The van der Waals surface area contributed by atoms with Gasteiger partial charge >= 0.3 is 5.97 Å². The number of rotatable bonds is 22. The summed E-state index contributed by atoms with van der Waals surface area (Å²) < 4.78 is 15.4. The molecule has 0 fully saturated rings. The predicted molar refractivity (Wildman–Crippen MR) is 119 cm³/mol. The third-order valence-corrected chi connectivity index (χ3v) is 4.81. The summed E-state index contributed by atoms with van der Waals surface area (Å²) in [4.78, 5) is 11.7. The predicted octanol–water partition coefficient (Wildman–Crippen LogP) is 5.59. The Morgan fingerprint density at radius 1 is 0.759 bits per heavy atom. The zero-order valence-corrected chi connectivity index (χ0v) is 19.0. The largest absolute Gasteiger partial charge is 0.461 e. The fraction of sp³-hybridized carbons (Fsp3) is 0.875. The van der Waals surface area contributed by atoms with Gasteiger partial charge in [0.05, 0.1) is 19.8 Å². The van der Waals surface area contributed by atoms with Crippen molar-refractivity contribution in [3.63, 3.8) is 0 Å². The van der Waals surface area contributed by atoms with Gasteiger partial charge < -0.3 is 19.3 Å². The molecule has 0 aromatic heterocycles. The van der Waals surface area contributed by atoms with Crippen molar-refractivity contribution in [2.24, 2.45) is 0 Å². The van der Waals surface area contributed by atoms with Gasteiger partial charge in [0.15, 0.2) is 6.10 Å². The molecule has 0 aliphatic heterocycles. The number of unbranched alkanes of at least 4 members (excludes halogenated alkanes) is 10. The fourth-order valence-electron chi connectivity index (χ4n) is 3.01. The van der Waals surface area contributed by atoms with E-state index in [1.54, 1.807) is 0 Å². The molecule has 5 nitrogen and oxygen atoms in total. The molecule has 5 heteroatoms. The van der Waals surface area contributed by atoms with Crippen LogP contribution < -0.4 is 0 Å². The monoisotopic (exact) mass is 414 g/mol. The molecular weight excluding hydrogens is 368 g/mol. The Labute approximate surface area is 179 Å². The summed E-state index contributed by atoms with van der Waals surface area (Å²) in [5.74, 6) is -0.545. The van der Waals surface area contributed by atoms with E-state index in [2.05, 4.69) is 19.1 Å². The summed E-state index contributed by atoms with van der Waals surface area (Å²) in [7, 11) is 0. The second-order valence-electron chi connectivity index (χ2n) is 7.51. The Hall–Kier alpha value is -0.910. The number of allylic oxidation sites excluding steroid dienone is 2. The second kappa shape index (κ2) is 23.4. The summed E-state index contributed by atoms with van der Waals surface area (Å²) >= 11 is 0. The normalized spacial score (nSPS) is 12.5. The third kappa shape index (κ3) is 21.6. The molecule has 0 saturated heterocycles. The lowest BCUT2D eigenvalue weighted by Crippen LogP contribution is -2.24. The quantitative estimate of drug-likeness (QED) is 0.142. The summed E-state index contributed by atoms with van der Waals surface area (Å²) in [6, 6.07) is 0. The van der Waals surface area contributed by atoms with Crippen molar-refractivity contribution in [1.29, 1.82) is 0 Å². The highest BCUT2D eigenvalue weighted by molar-refractivity contribution is 5.74. The van der Waals surface area contributed by atoms with E-state index in [0.717, 1.165) is 25.7 Å². The van der Waals surface area contributed by atoms with E-state index in [4.69, 9.17) is 14.2 Å². The molecule has 1 unspecified atom stereocenters. The number of ether oxygens (including phenoxy) is 3. The summed E-state index contributed by atoms with van der Waals surface area (Å²) in [5.41, 5.74) is 0. The Bertz CT molecular complexity index is 370. The van der Waals surface area contributed by atoms with Crippen molar-refractivity contribution in [1.82, 2.24) is 0 Å². The average Bonchev–Trinajstić information content (AvgIpc) is 2.73. The first-order valence-electron chi connectivity index (χ1n) is 11.9. The van der Waals surface area contributed by atoms with E-state index in [0.29, 0.717) is 32.8 Å². The van der Waals surface area contributed by atoms with Crippen molar-refractivity contribution in [3.8, 4) is 0 Å². The van der Waals surface area contributed by atoms with E-state index < -0.39 is 12.1 Å². The molecule has 0 aliphatic carbocycles. The lowest BCUT2D eigenvalue weighted by Gasteiger charge is -2.11. The lowest BCUT2D eigenvalue weighted by molar-refractivity contribution is -0.155. The van der Waals surface area contributed by atoms with Crippen LogP contribution in [0.3, 0.4) is 0 Å². The van der Waals surface area contributed by atoms with E-state index in [1.807, 2.05) is 6.92 Å². The molecule has 0 aliphatic rings. The molecule has 0 radical (unpaired) electrons. The van der Waals surface area contributed by atoms with Crippen LogP contribution in [-0.4, -0.2) is 50.2 Å². The lowest BCUT2D eigenvalue weighted by atomic mass is 10.1. The van der Waals surface area contributed by atoms with Gasteiger partial charge in [0.25, 0.3) is 0 Å². The van der Waals surface area contributed by atoms with Crippen molar-refractivity contribution in [2.75, 3.05) is 33.0 Å². The molecule has 1 atom stereocenters. The van der Waals surface area contributed by atoms with Gasteiger partial charge in [0.2, 0.25) is 0 Å². The number of aliphatic hydroxyl groups is 1. The third-order valence-electron chi connectivity index (χ3n) is 4.81. The van der Waals surface area contributed by atoms with Crippen LogP contribution in [-0.2, 0) is 19.0 Å². The molecular formula is C24H46O5. The van der Waals surface area contributed by atoms with Crippen LogP contribution in [0.25, 0.3) is 0 Å². The van der Waals surface area contributed by atoms with Crippen LogP contribution in [0.4, 0.5) is 0 Å². The fourth-order valence-corrected chi connectivity index (χ4v) is 3.01. The molecule has 0 heterocycles. The van der Waals surface area contributed by atoms with Crippen LogP contribution in [0.2, 0.25) is 0 Å². The minimum absolute atomic E-state index is 0.174. The minimum Gasteiger partial charge on any atom is -0.461 e. The minimum atomic E-state index is -1.02. The zero-order chi connectivity index (χ0) is 21.4. The molecule has 29 heavy (non-hydrogen) atoms. The Morgan fingerprint density at radius 2 is 1.31 bits per heavy atom. The maximum Gasteiger partial charge on any atom is 0.335 e. The van der Waals surface area contributed by atoms with Crippen molar-refractivity contribution < 1.29 is 24.1 Å². The highest BCUT2D eigenvalue weighted by Gasteiger charge is 2.15. The van der Waals surface area contributed by atoms with Crippen LogP contribution in [0.1, 0.15) is 97.3 Å². The van der Waals surface area contributed by atoms with Crippen molar-refractivity contribution in [2.45, 2.75) is 103 Å². The Morgan fingerprint density at radius 3 is 1.97 bits per heavy atom. The van der Waals surface area contributed by atoms with Crippen molar-refractivity contribution in [3.05, 3.63) is 12.2 Å². The van der Waals surface area contributed by atoms with Crippen LogP contribution in [0.15, 0.2) is 12.2 Å². The highest BCUT2D eigenvalue weighted by Crippen LogP contribution is 2.10. The molecule has 0 bridgehead atoms. The first kappa shape index (κ1) is 28.1. The van der Waals surface area contributed by atoms with E-state index in [9.17, 15) is 9.90 Å². The van der Waals surface area contributed by atoms with Gasteiger partial charge in [0, 0.05) is 6.61 Å². The van der Waals surface area contributed by atoms with Crippen LogP contribution in [0.5, 0.6) is 0 Å². The first-order chi connectivity index (χ1) is 14.2. The van der Waals surface area contributed by atoms with Gasteiger partial charge in [-0.1, -0.05) is 70.4 Å². The smallest absolute Gasteiger partial charge is 0.335 e. The van der Waals surface area contributed by atoms with Gasteiger partial charge in [-0.3, -0.25) is 0 Å². The Balaban J connectivity index is 3.36. The molecule has 0 rings (SSSR count). The molecule has 0 aromatic rings. The maximum absolute atomic E-state index is 11.7. The molecule has 0 aromatic carbocycles. The number of hydrogen-bond acceptors (Lipinski definition) is 5. The number of carbonyl (C=O) groups is 1. The maximum atomic E-state index is 11.7. The van der Waals surface area contributed by atoms with Gasteiger partial charge in [-0.2, -0.15) is 0 Å². The molecule has 0 saturated carbocycles. The average molecular weight is 415 g/mol. The Kier molecular flexibility index (Phi) is 22.6. The molecule has 1 N–H and O–H groups in total. The summed E-state index contributed by atoms with van der Waals surface area (Å²) in [6.07, 6.45) is 18.7. The summed E-state index contributed by atoms with van der Waals surface area (Å²) in [6.45, 7) is 6.39. The van der Waals surface area contributed by atoms with E-state index >= 15 is 0 Å². The SMILES string of the molecule is CCCCCCCCC=CCCCCCCC(O)C(=O)OCCOCCOCC. The van der Waals surface area contributed by atoms with Gasteiger partial charge in [-0.05, 0) is 39.0 Å². The number of esters is 1. The number of hydrogen-bond donors (Lipinski definition) is 1. The number of carbonyl (C=O) groups excluding carboxylic acids is 1. The van der Waals surface area contributed by atoms with Gasteiger partial charge in [0.1, 0.15) is 6.61 Å². The molecule has 172 valence electrons. The summed E-state index contributed by atoms with van der Waals surface area (Å²) in [5, 5.41) is 9.84. The standard InChI is InChI=1S/C24H46O5/c1-3-5-6-7-8-9-10-11-12-13-14-15-16-17-18-23(25)24(26)29-22-21-28-20-19-27-4-2/h11-12,23,25H,3-10,13-22H2,1-2H3. The molecule has 0 amide bonds. The van der Waals surface area contributed by atoms with Gasteiger partial charge in [-0.15, -0.1) is 0 Å². The first-order valence-corrected chi connectivity index (χ1v) is 11.9.